The van der Waals surface area contributed by atoms with Crippen LogP contribution in [-0.4, -0.2) is 22.6 Å². The van der Waals surface area contributed by atoms with E-state index in [0.717, 1.165) is 6.42 Å². The molecule has 5 nitrogen and oxygen atoms in total. The van der Waals surface area contributed by atoms with Crippen LogP contribution in [0, 0.1) is 23.2 Å². The van der Waals surface area contributed by atoms with E-state index in [2.05, 4.69) is 24.1 Å². The molecule has 2 N–H and O–H groups in total. The third kappa shape index (κ3) is 5.87. The molecule has 102 valence electrons. The Morgan fingerprint density at radius 3 is 2.84 bits per heavy atom. The second kappa shape index (κ2) is 7.37. The third-order valence-electron chi connectivity index (χ3n) is 2.70. The molecule has 19 heavy (non-hydrogen) atoms. The van der Waals surface area contributed by atoms with Crippen molar-refractivity contribution in [2.24, 2.45) is 11.8 Å². The van der Waals surface area contributed by atoms with Gasteiger partial charge in [0, 0.05) is 13.0 Å². The Hall–Kier alpha value is -2.09. The number of nitrogens with one attached hydrogen (secondary N) is 1. The summed E-state index contributed by atoms with van der Waals surface area (Å²) in [5.41, 5.74) is 0.351. The summed E-state index contributed by atoms with van der Waals surface area (Å²) in [5, 5.41) is 20.8. The van der Waals surface area contributed by atoms with Gasteiger partial charge in [0.1, 0.15) is 17.6 Å². The maximum Gasteiger partial charge on any atom is 0.303 e. The van der Waals surface area contributed by atoms with Crippen molar-refractivity contribution in [1.29, 1.82) is 5.26 Å². The van der Waals surface area contributed by atoms with Crippen LogP contribution in [0.4, 0.5) is 5.82 Å². The van der Waals surface area contributed by atoms with Crippen molar-refractivity contribution < 1.29 is 9.90 Å². The van der Waals surface area contributed by atoms with Gasteiger partial charge in [0.15, 0.2) is 0 Å². The standard InChI is InChI=1S/C14H19N3O2/c1-10(2)6-11(7-14(18)19)9-16-13-5-3-4-12(8-15)17-13/h3-5,10-11H,6-7,9H2,1-2H3,(H,16,17)(H,18,19). The number of rotatable bonds is 7. The molecule has 0 bridgehead atoms. The molecule has 1 aromatic heterocycles. The Balaban J connectivity index is 2.59. The molecular formula is C14H19N3O2. The van der Waals surface area contributed by atoms with E-state index in [1.165, 1.54) is 0 Å². The number of hydrogen-bond acceptors (Lipinski definition) is 4. The summed E-state index contributed by atoms with van der Waals surface area (Å²) in [6.45, 7) is 4.69. The average molecular weight is 261 g/mol. The van der Waals surface area contributed by atoms with E-state index >= 15 is 0 Å². The molecule has 1 aromatic rings. The number of aliphatic carboxylic acids is 1. The van der Waals surface area contributed by atoms with E-state index in [9.17, 15) is 4.79 Å². The molecule has 1 rings (SSSR count). The molecule has 0 aliphatic heterocycles. The van der Waals surface area contributed by atoms with Crippen molar-refractivity contribution in [2.45, 2.75) is 26.7 Å². The number of carbonyl (C=O) groups is 1. The van der Waals surface area contributed by atoms with E-state index in [1.54, 1.807) is 18.2 Å². The minimum Gasteiger partial charge on any atom is -0.481 e. The number of nitriles is 1. The van der Waals surface area contributed by atoms with Crippen molar-refractivity contribution in [3.05, 3.63) is 23.9 Å². The highest BCUT2D eigenvalue weighted by Crippen LogP contribution is 2.16. The van der Waals surface area contributed by atoms with Gasteiger partial charge in [0.2, 0.25) is 0 Å². The lowest BCUT2D eigenvalue weighted by molar-refractivity contribution is -0.138. The lowest BCUT2D eigenvalue weighted by Crippen LogP contribution is -2.20. The van der Waals surface area contributed by atoms with Gasteiger partial charge >= 0.3 is 5.97 Å². The number of carboxylic acids is 1. The molecule has 0 aliphatic carbocycles. The molecule has 0 spiro atoms. The van der Waals surface area contributed by atoms with Gasteiger partial charge in [-0.2, -0.15) is 5.26 Å². The average Bonchev–Trinajstić information content (AvgIpc) is 2.35. The Morgan fingerprint density at radius 2 is 2.26 bits per heavy atom. The second-order valence-electron chi connectivity index (χ2n) is 4.99. The summed E-state index contributed by atoms with van der Waals surface area (Å²) >= 11 is 0. The summed E-state index contributed by atoms with van der Waals surface area (Å²) < 4.78 is 0. The zero-order valence-corrected chi connectivity index (χ0v) is 11.3. The van der Waals surface area contributed by atoms with Crippen LogP contribution in [0.15, 0.2) is 18.2 Å². The summed E-state index contributed by atoms with van der Waals surface area (Å²) in [6.07, 6.45) is 0.986. The first-order valence-electron chi connectivity index (χ1n) is 6.34. The number of anilines is 1. The van der Waals surface area contributed by atoms with Gasteiger partial charge < -0.3 is 10.4 Å². The quantitative estimate of drug-likeness (QED) is 0.787. The zero-order chi connectivity index (χ0) is 14.3. The SMILES string of the molecule is CC(C)CC(CNc1cccc(C#N)n1)CC(=O)O. The van der Waals surface area contributed by atoms with Crippen LogP contribution < -0.4 is 5.32 Å². The maximum atomic E-state index is 10.8. The third-order valence-corrected chi connectivity index (χ3v) is 2.70. The van der Waals surface area contributed by atoms with Crippen molar-refractivity contribution in [1.82, 2.24) is 4.98 Å². The number of carboxylic acid groups (broad SMARTS) is 1. The summed E-state index contributed by atoms with van der Waals surface area (Å²) in [5.74, 6) is 0.332. The van der Waals surface area contributed by atoms with E-state index in [4.69, 9.17) is 10.4 Å². The van der Waals surface area contributed by atoms with Gasteiger partial charge in [-0.1, -0.05) is 19.9 Å². The highest BCUT2D eigenvalue weighted by molar-refractivity contribution is 5.67. The van der Waals surface area contributed by atoms with Crippen LogP contribution in [0.25, 0.3) is 0 Å². The Bertz CT molecular complexity index is 466. The van der Waals surface area contributed by atoms with Crippen molar-refractivity contribution in [3.8, 4) is 6.07 Å². The first-order valence-corrected chi connectivity index (χ1v) is 6.34. The molecular weight excluding hydrogens is 242 g/mol. The fraction of sp³-hybridized carbons (Fsp3) is 0.500. The van der Waals surface area contributed by atoms with Crippen LogP contribution >= 0.6 is 0 Å². The minimum atomic E-state index is -0.786. The lowest BCUT2D eigenvalue weighted by atomic mass is 9.94. The molecule has 0 radical (unpaired) electrons. The number of pyridine rings is 1. The van der Waals surface area contributed by atoms with Gasteiger partial charge in [-0.05, 0) is 30.4 Å². The molecule has 1 heterocycles. The molecule has 0 fully saturated rings. The predicted octanol–water partition coefficient (Wildman–Crippen LogP) is 2.50. The minimum absolute atomic E-state index is 0.0602. The predicted molar refractivity (Wildman–Crippen MR) is 72.6 cm³/mol. The number of aromatic nitrogens is 1. The molecule has 0 amide bonds. The second-order valence-corrected chi connectivity index (χ2v) is 4.99. The topological polar surface area (TPSA) is 86.0 Å². The highest BCUT2D eigenvalue weighted by Gasteiger charge is 2.15. The summed E-state index contributed by atoms with van der Waals surface area (Å²) in [6, 6.07) is 7.13. The monoisotopic (exact) mass is 261 g/mol. The maximum absolute atomic E-state index is 10.8. The fourth-order valence-electron chi connectivity index (χ4n) is 2.00. The van der Waals surface area contributed by atoms with E-state index in [0.29, 0.717) is 24.0 Å². The first-order chi connectivity index (χ1) is 9.01. The van der Waals surface area contributed by atoms with Crippen LogP contribution in [0.2, 0.25) is 0 Å². The Kier molecular flexibility index (Phi) is 5.80. The molecule has 0 saturated heterocycles. The van der Waals surface area contributed by atoms with Crippen LogP contribution in [-0.2, 0) is 4.79 Å². The summed E-state index contributed by atoms with van der Waals surface area (Å²) in [4.78, 5) is 14.9. The molecule has 5 heteroatoms. The van der Waals surface area contributed by atoms with Crippen molar-refractivity contribution in [2.75, 3.05) is 11.9 Å². The first kappa shape index (κ1) is 15.0. The largest absolute Gasteiger partial charge is 0.481 e. The molecule has 0 aliphatic rings. The Labute approximate surface area is 113 Å². The fourth-order valence-corrected chi connectivity index (χ4v) is 2.00. The van der Waals surface area contributed by atoms with Crippen LogP contribution in [0.5, 0.6) is 0 Å². The molecule has 0 aromatic carbocycles. The van der Waals surface area contributed by atoms with Gasteiger partial charge in [-0.3, -0.25) is 4.79 Å². The van der Waals surface area contributed by atoms with Gasteiger partial charge in [-0.25, -0.2) is 4.98 Å². The number of hydrogen-bond donors (Lipinski definition) is 2. The zero-order valence-electron chi connectivity index (χ0n) is 11.3. The van der Waals surface area contributed by atoms with Gasteiger partial charge in [0.25, 0.3) is 0 Å². The summed E-state index contributed by atoms with van der Waals surface area (Å²) in [7, 11) is 0. The molecule has 1 unspecified atom stereocenters. The van der Waals surface area contributed by atoms with E-state index < -0.39 is 5.97 Å². The number of nitrogens with zero attached hydrogens (tertiary/aromatic N) is 2. The van der Waals surface area contributed by atoms with E-state index in [1.807, 2.05) is 6.07 Å². The van der Waals surface area contributed by atoms with Gasteiger partial charge in [-0.15, -0.1) is 0 Å². The normalized spacial score (nSPS) is 11.9. The van der Waals surface area contributed by atoms with E-state index in [-0.39, 0.29) is 12.3 Å². The highest BCUT2D eigenvalue weighted by atomic mass is 16.4. The molecule has 1 atom stereocenters. The lowest BCUT2D eigenvalue weighted by Gasteiger charge is -2.18. The van der Waals surface area contributed by atoms with Crippen LogP contribution in [0.1, 0.15) is 32.4 Å². The van der Waals surface area contributed by atoms with Crippen LogP contribution in [0.3, 0.4) is 0 Å². The van der Waals surface area contributed by atoms with Crippen molar-refractivity contribution in [3.63, 3.8) is 0 Å². The van der Waals surface area contributed by atoms with Crippen molar-refractivity contribution >= 4 is 11.8 Å². The Morgan fingerprint density at radius 1 is 1.53 bits per heavy atom. The molecule has 0 saturated carbocycles. The van der Waals surface area contributed by atoms with Gasteiger partial charge in [0.05, 0.1) is 0 Å². The smallest absolute Gasteiger partial charge is 0.303 e.